The second kappa shape index (κ2) is 7.52. The Labute approximate surface area is 120 Å². The summed E-state index contributed by atoms with van der Waals surface area (Å²) < 4.78 is 5.35. The van der Waals surface area contributed by atoms with Crippen LogP contribution >= 0.6 is 0 Å². The lowest BCUT2D eigenvalue weighted by Crippen LogP contribution is -2.15. The molecule has 0 spiro atoms. The summed E-state index contributed by atoms with van der Waals surface area (Å²) in [5, 5.41) is 4.49. The Morgan fingerprint density at radius 1 is 1.25 bits per heavy atom. The van der Waals surface area contributed by atoms with E-state index in [0.717, 1.165) is 54.7 Å². The molecule has 104 valence electrons. The number of nitrogens with zero attached hydrogens (tertiary/aromatic N) is 1. The predicted octanol–water partition coefficient (Wildman–Crippen LogP) is 3.14. The molecule has 1 heterocycles. The predicted molar refractivity (Wildman–Crippen MR) is 82.7 cm³/mol. The molecule has 0 saturated carbocycles. The van der Waals surface area contributed by atoms with Gasteiger partial charge in [-0.25, -0.2) is 4.98 Å². The van der Waals surface area contributed by atoms with Crippen LogP contribution in [0.15, 0.2) is 30.3 Å². The van der Waals surface area contributed by atoms with E-state index >= 15 is 0 Å². The van der Waals surface area contributed by atoms with Crippen LogP contribution in [0.25, 0.3) is 10.9 Å². The SMILES string of the molecule is C#CCCCCNCc1ccc2cccc(OC)c2n1. The van der Waals surface area contributed by atoms with E-state index in [1.54, 1.807) is 7.11 Å². The summed E-state index contributed by atoms with van der Waals surface area (Å²) >= 11 is 0. The standard InChI is InChI=1S/C17H20N2O/c1-3-4-5-6-12-18-13-15-11-10-14-8-7-9-16(20-2)17(14)19-15/h1,7-11,18H,4-6,12-13H2,2H3. The molecular weight excluding hydrogens is 248 g/mol. The van der Waals surface area contributed by atoms with Crippen molar-refractivity contribution in [3.63, 3.8) is 0 Å². The van der Waals surface area contributed by atoms with Gasteiger partial charge in [0, 0.05) is 18.4 Å². The van der Waals surface area contributed by atoms with Crippen molar-refractivity contribution in [2.45, 2.75) is 25.8 Å². The lowest BCUT2D eigenvalue weighted by molar-refractivity contribution is 0.418. The van der Waals surface area contributed by atoms with Crippen molar-refractivity contribution in [2.24, 2.45) is 0 Å². The number of methoxy groups -OCH3 is 1. The molecule has 0 aliphatic heterocycles. The van der Waals surface area contributed by atoms with Crippen molar-refractivity contribution in [1.29, 1.82) is 0 Å². The number of para-hydroxylation sites is 1. The first kappa shape index (κ1) is 14.4. The highest BCUT2D eigenvalue weighted by Crippen LogP contribution is 2.23. The third-order valence-corrected chi connectivity index (χ3v) is 3.19. The summed E-state index contributed by atoms with van der Waals surface area (Å²) in [4.78, 5) is 4.66. The van der Waals surface area contributed by atoms with Gasteiger partial charge in [-0.1, -0.05) is 18.2 Å². The minimum absolute atomic E-state index is 0.768. The van der Waals surface area contributed by atoms with E-state index in [0.29, 0.717) is 0 Å². The summed E-state index contributed by atoms with van der Waals surface area (Å²) in [5.74, 6) is 3.47. The van der Waals surface area contributed by atoms with Gasteiger partial charge in [-0.15, -0.1) is 12.3 Å². The number of ether oxygens (including phenoxy) is 1. The van der Waals surface area contributed by atoms with Crippen LogP contribution in [0.1, 0.15) is 25.0 Å². The van der Waals surface area contributed by atoms with Crippen LogP contribution < -0.4 is 10.1 Å². The Balaban J connectivity index is 1.96. The minimum atomic E-state index is 0.768. The molecule has 2 rings (SSSR count). The van der Waals surface area contributed by atoms with E-state index in [2.05, 4.69) is 28.4 Å². The smallest absolute Gasteiger partial charge is 0.145 e. The highest BCUT2D eigenvalue weighted by Gasteiger charge is 2.03. The minimum Gasteiger partial charge on any atom is -0.494 e. The van der Waals surface area contributed by atoms with Gasteiger partial charge in [0.05, 0.1) is 12.8 Å². The van der Waals surface area contributed by atoms with Gasteiger partial charge < -0.3 is 10.1 Å². The van der Waals surface area contributed by atoms with E-state index in [1.807, 2.05) is 18.2 Å². The number of benzene rings is 1. The molecule has 0 fully saturated rings. The number of hydrogen-bond acceptors (Lipinski definition) is 3. The number of terminal acetylenes is 1. The third-order valence-electron chi connectivity index (χ3n) is 3.19. The number of hydrogen-bond donors (Lipinski definition) is 1. The Morgan fingerprint density at radius 2 is 2.15 bits per heavy atom. The molecule has 1 N–H and O–H groups in total. The second-order valence-electron chi connectivity index (χ2n) is 4.67. The molecule has 0 saturated heterocycles. The first-order valence-corrected chi connectivity index (χ1v) is 6.92. The molecular formula is C17H20N2O. The van der Waals surface area contributed by atoms with Gasteiger partial charge in [0.2, 0.25) is 0 Å². The maximum absolute atomic E-state index is 5.35. The van der Waals surface area contributed by atoms with Crippen LogP contribution in [0.3, 0.4) is 0 Å². The highest BCUT2D eigenvalue weighted by atomic mass is 16.5. The lowest BCUT2D eigenvalue weighted by Gasteiger charge is -2.07. The molecule has 0 atom stereocenters. The monoisotopic (exact) mass is 268 g/mol. The summed E-state index contributed by atoms with van der Waals surface area (Å²) in [7, 11) is 1.67. The van der Waals surface area contributed by atoms with Crippen LogP contribution in [-0.2, 0) is 6.54 Å². The van der Waals surface area contributed by atoms with E-state index in [1.165, 1.54) is 0 Å². The Bertz CT molecular complexity index is 601. The van der Waals surface area contributed by atoms with Crippen LogP contribution in [0.5, 0.6) is 5.75 Å². The summed E-state index contributed by atoms with van der Waals surface area (Å²) in [6.45, 7) is 1.73. The van der Waals surface area contributed by atoms with E-state index in [4.69, 9.17) is 11.2 Å². The molecule has 0 amide bonds. The molecule has 1 aromatic heterocycles. The lowest BCUT2D eigenvalue weighted by atomic mass is 10.2. The molecule has 2 aromatic rings. The fourth-order valence-electron chi connectivity index (χ4n) is 2.12. The van der Waals surface area contributed by atoms with Gasteiger partial charge in [0.15, 0.2) is 0 Å². The Morgan fingerprint density at radius 3 is 2.95 bits per heavy atom. The fraction of sp³-hybridized carbons (Fsp3) is 0.353. The molecule has 3 nitrogen and oxygen atoms in total. The largest absolute Gasteiger partial charge is 0.494 e. The zero-order valence-electron chi connectivity index (χ0n) is 11.9. The molecule has 3 heteroatoms. The topological polar surface area (TPSA) is 34.1 Å². The molecule has 0 bridgehead atoms. The van der Waals surface area contributed by atoms with Gasteiger partial charge in [-0.05, 0) is 31.5 Å². The quantitative estimate of drug-likeness (QED) is 0.619. The zero-order chi connectivity index (χ0) is 14.2. The maximum atomic E-state index is 5.35. The summed E-state index contributed by atoms with van der Waals surface area (Å²) in [6, 6.07) is 10.1. The summed E-state index contributed by atoms with van der Waals surface area (Å²) in [6.07, 6.45) is 8.25. The van der Waals surface area contributed by atoms with E-state index in [-0.39, 0.29) is 0 Å². The number of pyridine rings is 1. The molecule has 20 heavy (non-hydrogen) atoms. The average molecular weight is 268 g/mol. The van der Waals surface area contributed by atoms with Gasteiger partial charge >= 0.3 is 0 Å². The van der Waals surface area contributed by atoms with Crippen LogP contribution in [0, 0.1) is 12.3 Å². The van der Waals surface area contributed by atoms with Crippen molar-refractivity contribution in [3.8, 4) is 18.1 Å². The molecule has 0 radical (unpaired) electrons. The Kier molecular flexibility index (Phi) is 5.40. The number of aromatic nitrogens is 1. The van der Waals surface area contributed by atoms with Gasteiger partial charge in [-0.2, -0.15) is 0 Å². The fourth-order valence-corrected chi connectivity index (χ4v) is 2.12. The van der Waals surface area contributed by atoms with Crippen molar-refractivity contribution < 1.29 is 4.74 Å². The second-order valence-corrected chi connectivity index (χ2v) is 4.67. The average Bonchev–Trinajstić information content (AvgIpc) is 2.50. The number of unbranched alkanes of at least 4 members (excludes halogenated alkanes) is 2. The van der Waals surface area contributed by atoms with E-state index < -0.39 is 0 Å². The van der Waals surface area contributed by atoms with E-state index in [9.17, 15) is 0 Å². The van der Waals surface area contributed by atoms with Gasteiger partial charge in [0.1, 0.15) is 11.3 Å². The maximum Gasteiger partial charge on any atom is 0.145 e. The van der Waals surface area contributed by atoms with Crippen molar-refractivity contribution in [3.05, 3.63) is 36.0 Å². The highest BCUT2D eigenvalue weighted by molar-refractivity contribution is 5.84. The number of rotatable bonds is 7. The van der Waals surface area contributed by atoms with Gasteiger partial charge in [0.25, 0.3) is 0 Å². The van der Waals surface area contributed by atoms with Crippen molar-refractivity contribution >= 4 is 10.9 Å². The first-order valence-electron chi connectivity index (χ1n) is 6.92. The normalized spacial score (nSPS) is 10.4. The summed E-state index contributed by atoms with van der Waals surface area (Å²) in [5.41, 5.74) is 1.94. The van der Waals surface area contributed by atoms with Crippen LogP contribution in [-0.4, -0.2) is 18.6 Å². The third kappa shape index (κ3) is 3.72. The zero-order valence-corrected chi connectivity index (χ0v) is 11.9. The molecule has 0 aliphatic carbocycles. The molecule has 0 unspecified atom stereocenters. The number of fused-ring (bicyclic) bond motifs is 1. The van der Waals surface area contributed by atoms with Crippen LogP contribution in [0.2, 0.25) is 0 Å². The van der Waals surface area contributed by atoms with Crippen molar-refractivity contribution in [2.75, 3.05) is 13.7 Å². The van der Waals surface area contributed by atoms with Gasteiger partial charge in [-0.3, -0.25) is 0 Å². The molecule has 1 aromatic carbocycles. The Hall–Kier alpha value is -2.05. The van der Waals surface area contributed by atoms with Crippen LogP contribution in [0.4, 0.5) is 0 Å². The van der Waals surface area contributed by atoms with Crippen molar-refractivity contribution in [1.82, 2.24) is 10.3 Å². The molecule has 0 aliphatic rings. The number of nitrogens with one attached hydrogen (secondary N) is 1. The first-order chi connectivity index (χ1) is 9.85.